The van der Waals surface area contributed by atoms with E-state index in [0.29, 0.717) is 13.0 Å². The number of carbonyl (C=O) groups excluding carboxylic acids is 2. The molecule has 144 valence electrons. The fourth-order valence-corrected chi connectivity index (χ4v) is 3.85. The van der Waals surface area contributed by atoms with Gasteiger partial charge >= 0.3 is 0 Å². The van der Waals surface area contributed by atoms with Crippen LogP contribution in [0.3, 0.4) is 0 Å². The highest BCUT2D eigenvalue weighted by Crippen LogP contribution is 2.39. The normalized spacial score (nSPS) is 18.1. The predicted octanol–water partition coefficient (Wildman–Crippen LogP) is 3.72. The van der Waals surface area contributed by atoms with Crippen molar-refractivity contribution in [1.82, 2.24) is 10.3 Å². The number of hydrogen-bond acceptors (Lipinski definition) is 2. The van der Waals surface area contributed by atoms with Gasteiger partial charge in [0.15, 0.2) is 0 Å². The third-order valence-corrected chi connectivity index (χ3v) is 5.32. The summed E-state index contributed by atoms with van der Waals surface area (Å²) >= 11 is 0. The van der Waals surface area contributed by atoms with E-state index in [2.05, 4.69) is 27.8 Å². The summed E-state index contributed by atoms with van der Waals surface area (Å²) in [6.07, 6.45) is 3.38. The fraction of sp³-hybridized carbons (Fsp3) is 0.304. The molecular weight excluding hydrogens is 350 g/mol. The molecule has 2 unspecified atom stereocenters. The summed E-state index contributed by atoms with van der Waals surface area (Å²) in [5.41, 5.74) is 5.31. The number of benzene rings is 2. The van der Waals surface area contributed by atoms with Crippen LogP contribution in [0.4, 0.5) is 5.69 Å². The average Bonchev–Trinajstić information content (AvgIpc) is 3.36. The van der Waals surface area contributed by atoms with Gasteiger partial charge in [-0.15, -0.1) is 0 Å². The molecule has 28 heavy (non-hydrogen) atoms. The van der Waals surface area contributed by atoms with Gasteiger partial charge in [-0.2, -0.15) is 0 Å². The molecule has 1 aromatic heterocycles. The number of nitrogens with one attached hydrogen (secondary N) is 3. The molecule has 3 aromatic rings. The van der Waals surface area contributed by atoms with Crippen molar-refractivity contribution in [2.45, 2.75) is 26.7 Å². The Morgan fingerprint density at radius 1 is 1.04 bits per heavy atom. The lowest BCUT2D eigenvalue weighted by molar-refractivity contribution is -0.125. The molecule has 1 heterocycles. The molecule has 1 aliphatic carbocycles. The number of rotatable bonds is 6. The third kappa shape index (κ3) is 3.93. The summed E-state index contributed by atoms with van der Waals surface area (Å²) in [5, 5.41) is 7.12. The van der Waals surface area contributed by atoms with Crippen molar-refractivity contribution in [1.29, 1.82) is 0 Å². The quantitative estimate of drug-likeness (QED) is 0.614. The van der Waals surface area contributed by atoms with Crippen LogP contribution >= 0.6 is 0 Å². The topological polar surface area (TPSA) is 74.0 Å². The van der Waals surface area contributed by atoms with Crippen molar-refractivity contribution in [3.05, 3.63) is 65.4 Å². The molecule has 0 bridgehead atoms. The van der Waals surface area contributed by atoms with E-state index in [-0.39, 0.29) is 23.7 Å². The highest BCUT2D eigenvalue weighted by Gasteiger charge is 2.47. The van der Waals surface area contributed by atoms with E-state index in [4.69, 9.17) is 0 Å². The molecule has 1 aliphatic rings. The van der Waals surface area contributed by atoms with E-state index in [1.165, 1.54) is 10.9 Å². The van der Waals surface area contributed by atoms with Crippen molar-refractivity contribution in [2.75, 3.05) is 11.9 Å². The van der Waals surface area contributed by atoms with Gasteiger partial charge in [0.1, 0.15) is 0 Å². The molecule has 3 N–H and O–H groups in total. The first kappa shape index (κ1) is 18.3. The lowest BCUT2D eigenvalue weighted by Gasteiger charge is -2.08. The smallest absolute Gasteiger partial charge is 0.228 e. The van der Waals surface area contributed by atoms with Gasteiger partial charge in [0, 0.05) is 29.3 Å². The summed E-state index contributed by atoms with van der Waals surface area (Å²) in [4.78, 5) is 28.0. The zero-order valence-electron chi connectivity index (χ0n) is 16.2. The number of hydrogen-bond donors (Lipinski definition) is 3. The molecule has 0 aliphatic heterocycles. The van der Waals surface area contributed by atoms with E-state index < -0.39 is 0 Å². The molecule has 1 saturated carbocycles. The molecular formula is C23H25N3O2. The van der Waals surface area contributed by atoms with Crippen LogP contribution in [-0.4, -0.2) is 23.3 Å². The highest BCUT2D eigenvalue weighted by atomic mass is 16.2. The van der Waals surface area contributed by atoms with Crippen molar-refractivity contribution < 1.29 is 9.59 Å². The molecule has 0 saturated heterocycles. The number of amides is 2. The Morgan fingerprint density at radius 3 is 2.54 bits per heavy atom. The lowest BCUT2D eigenvalue weighted by Crippen LogP contribution is -2.29. The molecule has 0 spiro atoms. The van der Waals surface area contributed by atoms with Crippen LogP contribution in [-0.2, 0) is 16.0 Å². The van der Waals surface area contributed by atoms with Gasteiger partial charge < -0.3 is 15.6 Å². The second kappa shape index (κ2) is 7.50. The molecule has 2 amide bonds. The minimum Gasteiger partial charge on any atom is -0.361 e. The number of carbonyl (C=O) groups is 2. The summed E-state index contributed by atoms with van der Waals surface area (Å²) in [6, 6.07) is 14.1. The first-order valence-corrected chi connectivity index (χ1v) is 9.73. The van der Waals surface area contributed by atoms with Crippen LogP contribution in [0.15, 0.2) is 48.7 Å². The van der Waals surface area contributed by atoms with Gasteiger partial charge in [0.2, 0.25) is 11.8 Å². The molecule has 0 radical (unpaired) electrons. The van der Waals surface area contributed by atoms with Crippen molar-refractivity contribution in [3.63, 3.8) is 0 Å². The van der Waals surface area contributed by atoms with Gasteiger partial charge in [-0.3, -0.25) is 9.59 Å². The Bertz CT molecular complexity index is 1020. The Labute approximate surface area is 164 Å². The van der Waals surface area contributed by atoms with E-state index in [0.717, 1.165) is 28.8 Å². The van der Waals surface area contributed by atoms with Crippen LogP contribution < -0.4 is 10.6 Å². The van der Waals surface area contributed by atoms with Crippen LogP contribution in [0.5, 0.6) is 0 Å². The number of aromatic nitrogens is 1. The second-order valence-corrected chi connectivity index (χ2v) is 7.71. The van der Waals surface area contributed by atoms with Crippen LogP contribution in [0.2, 0.25) is 0 Å². The molecule has 4 rings (SSSR count). The summed E-state index contributed by atoms with van der Waals surface area (Å²) < 4.78 is 0. The van der Waals surface area contributed by atoms with Crippen molar-refractivity contribution in [3.8, 4) is 0 Å². The van der Waals surface area contributed by atoms with Crippen molar-refractivity contribution >= 4 is 28.4 Å². The standard InChI is InChI=1S/C23H25N3O2/c1-14-9-15(2)11-17(10-14)26-23(28)20-12-19(20)22(27)24-8-7-16-13-25-21-6-4-3-5-18(16)21/h3-6,9-11,13,19-20,25H,7-8,12H2,1-2H3,(H,24,27)(H,26,28). The third-order valence-electron chi connectivity index (χ3n) is 5.32. The number of H-pyrrole nitrogens is 1. The van der Waals surface area contributed by atoms with E-state index in [9.17, 15) is 9.59 Å². The molecule has 5 heteroatoms. The minimum atomic E-state index is -0.228. The number of fused-ring (bicyclic) bond motifs is 1. The minimum absolute atomic E-state index is 0.0274. The van der Waals surface area contributed by atoms with Gasteiger partial charge in [-0.1, -0.05) is 24.3 Å². The van der Waals surface area contributed by atoms with Crippen LogP contribution in [0.25, 0.3) is 10.9 Å². The number of anilines is 1. The van der Waals surface area contributed by atoms with E-state index in [1.807, 2.05) is 50.4 Å². The largest absolute Gasteiger partial charge is 0.361 e. The maximum atomic E-state index is 12.4. The molecule has 2 aromatic carbocycles. The molecule has 1 fully saturated rings. The maximum Gasteiger partial charge on any atom is 0.228 e. The van der Waals surface area contributed by atoms with Crippen LogP contribution in [0.1, 0.15) is 23.1 Å². The Morgan fingerprint density at radius 2 is 1.75 bits per heavy atom. The number of para-hydroxylation sites is 1. The second-order valence-electron chi connectivity index (χ2n) is 7.71. The molecule has 5 nitrogen and oxygen atoms in total. The zero-order valence-corrected chi connectivity index (χ0v) is 16.2. The van der Waals surface area contributed by atoms with Gasteiger partial charge in [0.05, 0.1) is 11.8 Å². The van der Waals surface area contributed by atoms with Crippen molar-refractivity contribution in [2.24, 2.45) is 11.8 Å². The SMILES string of the molecule is Cc1cc(C)cc(NC(=O)C2CC2C(=O)NCCc2c[nH]c3ccccc23)c1. The maximum absolute atomic E-state index is 12.4. The fourth-order valence-electron chi connectivity index (χ4n) is 3.85. The van der Waals surface area contributed by atoms with Gasteiger partial charge in [0.25, 0.3) is 0 Å². The summed E-state index contributed by atoms with van der Waals surface area (Å²) in [5.74, 6) is -0.537. The first-order chi connectivity index (χ1) is 13.5. The predicted molar refractivity (Wildman–Crippen MR) is 111 cm³/mol. The Kier molecular flexibility index (Phi) is 4.90. The summed E-state index contributed by atoms with van der Waals surface area (Å²) in [6.45, 7) is 4.58. The lowest BCUT2D eigenvalue weighted by atomic mass is 10.1. The van der Waals surface area contributed by atoms with Gasteiger partial charge in [-0.25, -0.2) is 0 Å². The van der Waals surface area contributed by atoms with Crippen LogP contribution in [0, 0.1) is 25.7 Å². The Balaban J connectivity index is 1.26. The number of aromatic amines is 1. The molecule has 2 atom stereocenters. The summed E-state index contributed by atoms with van der Waals surface area (Å²) in [7, 11) is 0. The monoisotopic (exact) mass is 375 g/mol. The van der Waals surface area contributed by atoms with Gasteiger partial charge in [-0.05, 0) is 61.6 Å². The Hall–Kier alpha value is -3.08. The highest BCUT2D eigenvalue weighted by molar-refractivity contribution is 5.99. The zero-order chi connectivity index (χ0) is 19.7. The first-order valence-electron chi connectivity index (χ1n) is 9.73. The number of aryl methyl sites for hydroxylation is 2. The van der Waals surface area contributed by atoms with E-state index >= 15 is 0 Å². The average molecular weight is 375 g/mol. The van der Waals surface area contributed by atoms with E-state index in [1.54, 1.807) is 0 Å².